The van der Waals surface area contributed by atoms with E-state index < -0.39 is 0 Å². The molecule has 2 bridgehead atoms. The van der Waals surface area contributed by atoms with Crippen LogP contribution in [0, 0.1) is 34.5 Å². The Morgan fingerprint density at radius 2 is 1.41 bits per heavy atom. The highest BCUT2D eigenvalue weighted by molar-refractivity contribution is 5.38. The summed E-state index contributed by atoms with van der Waals surface area (Å²) in [5.74, 6) is 9.47. The van der Waals surface area contributed by atoms with Gasteiger partial charge in [0.1, 0.15) is 0 Å². The lowest BCUT2D eigenvalue weighted by Gasteiger charge is -2.56. The van der Waals surface area contributed by atoms with Crippen molar-refractivity contribution < 1.29 is 0 Å². The summed E-state index contributed by atoms with van der Waals surface area (Å²) in [7, 11) is 0. The molecule has 0 nitrogen and oxygen atoms in total. The first-order valence-corrected chi connectivity index (χ1v) is 14.3. The Balaban J connectivity index is 1.26. The molecule has 5 rings (SSSR count). The van der Waals surface area contributed by atoms with Gasteiger partial charge in [0.05, 0.1) is 0 Å². The summed E-state index contributed by atoms with van der Waals surface area (Å²) in [6, 6.07) is 9.10. The van der Waals surface area contributed by atoms with E-state index in [4.69, 9.17) is 0 Å². The zero-order valence-electron chi connectivity index (χ0n) is 21.2. The second-order valence-electron chi connectivity index (χ2n) is 11.8. The molecule has 0 heteroatoms. The maximum absolute atomic E-state index is 3.81. The minimum Gasteiger partial charge on any atom is -0.0911 e. The maximum atomic E-state index is 3.81. The van der Waals surface area contributed by atoms with Crippen LogP contribution >= 0.6 is 0 Å². The Morgan fingerprint density at radius 3 is 2.03 bits per heavy atom. The van der Waals surface area contributed by atoms with E-state index in [2.05, 4.69) is 50.0 Å². The zero-order valence-corrected chi connectivity index (χ0v) is 21.2. The summed E-state index contributed by atoms with van der Waals surface area (Å²) >= 11 is 0. The van der Waals surface area contributed by atoms with Gasteiger partial charge in [-0.15, -0.1) is 0 Å². The van der Waals surface area contributed by atoms with Crippen molar-refractivity contribution in [1.29, 1.82) is 0 Å². The lowest BCUT2D eigenvalue weighted by Crippen LogP contribution is -2.45. The second-order valence-corrected chi connectivity index (χ2v) is 11.8. The Labute approximate surface area is 199 Å². The summed E-state index contributed by atoms with van der Waals surface area (Å²) < 4.78 is 0. The Morgan fingerprint density at radius 1 is 0.750 bits per heavy atom. The molecule has 4 aliphatic rings. The van der Waals surface area contributed by atoms with Gasteiger partial charge in [0.15, 0.2) is 0 Å². The summed E-state index contributed by atoms with van der Waals surface area (Å²) in [6.07, 6.45) is 25.6. The Bertz CT molecular complexity index is 725. The first kappa shape index (κ1) is 23.9. The summed E-state index contributed by atoms with van der Waals surface area (Å²) in [4.78, 5) is 0. The third kappa shape index (κ3) is 5.82. The minimum absolute atomic E-state index is 0.332. The molecule has 1 aromatic carbocycles. The van der Waals surface area contributed by atoms with Gasteiger partial charge in [0, 0.05) is 11.0 Å². The number of rotatable bonds is 9. The van der Waals surface area contributed by atoms with Crippen molar-refractivity contribution in [3.05, 3.63) is 35.4 Å². The number of hydrogen-bond acceptors (Lipinski definition) is 0. The van der Waals surface area contributed by atoms with Crippen molar-refractivity contribution in [2.75, 3.05) is 0 Å². The number of benzene rings is 1. The average molecular weight is 433 g/mol. The van der Waals surface area contributed by atoms with Crippen molar-refractivity contribution in [3.8, 4) is 11.8 Å². The molecular weight excluding hydrogens is 384 g/mol. The van der Waals surface area contributed by atoms with Crippen LogP contribution in [-0.2, 0) is 6.42 Å². The fourth-order valence-electron chi connectivity index (χ4n) is 7.28. The summed E-state index contributed by atoms with van der Waals surface area (Å²) in [6.45, 7) is 4.59. The van der Waals surface area contributed by atoms with E-state index in [-0.39, 0.29) is 0 Å². The fourth-order valence-corrected chi connectivity index (χ4v) is 7.28. The molecule has 0 aliphatic heterocycles. The molecule has 0 atom stereocenters. The van der Waals surface area contributed by atoms with Crippen LogP contribution in [0.2, 0.25) is 0 Å². The van der Waals surface area contributed by atoms with E-state index in [1.807, 2.05) is 0 Å². The van der Waals surface area contributed by atoms with Crippen LogP contribution in [0.25, 0.3) is 0 Å². The average Bonchev–Trinajstić information content (AvgIpc) is 2.86. The monoisotopic (exact) mass is 432 g/mol. The van der Waals surface area contributed by atoms with E-state index in [1.165, 1.54) is 127 Å². The van der Waals surface area contributed by atoms with Gasteiger partial charge in [0.25, 0.3) is 0 Å². The van der Waals surface area contributed by atoms with Crippen LogP contribution < -0.4 is 0 Å². The molecule has 0 unspecified atom stereocenters. The van der Waals surface area contributed by atoms with Gasteiger partial charge in [-0.05, 0) is 99.2 Å². The zero-order chi connectivity index (χ0) is 22.3. The maximum Gasteiger partial charge on any atom is 0.0319 e. The molecule has 0 radical (unpaired) electrons. The molecule has 4 aliphatic carbocycles. The topological polar surface area (TPSA) is 0 Å². The van der Waals surface area contributed by atoms with Crippen molar-refractivity contribution in [3.63, 3.8) is 0 Å². The lowest BCUT2D eigenvalue weighted by molar-refractivity contribution is -0.0379. The van der Waals surface area contributed by atoms with Gasteiger partial charge >= 0.3 is 0 Å². The van der Waals surface area contributed by atoms with Gasteiger partial charge in [-0.3, -0.25) is 0 Å². The molecule has 4 fully saturated rings. The SMILES string of the molecule is CCCCCCC1CCC(C23CCC(C#Cc4ccc(CCCC)cc4)(CC2)CC3)CC1. The molecule has 32 heavy (non-hydrogen) atoms. The molecule has 176 valence electrons. The third-order valence-corrected chi connectivity index (χ3v) is 9.73. The molecule has 0 saturated heterocycles. The van der Waals surface area contributed by atoms with E-state index in [0.717, 1.165) is 11.8 Å². The Hall–Kier alpha value is -1.22. The Kier molecular flexibility index (Phi) is 8.43. The summed E-state index contributed by atoms with van der Waals surface area (Å²) in [5.41, 5.74) is 3.71. The minimum atomic E-state index is 0.332. The first-order valence-electron chi connectivity index (χ1n) is 14.3. The predicted octanol–water partition coefficient (Wildman–Crippen LogP) is 9.50. The highest BCUT2D eigenvalue weighted by atomic mass is 14.6. The lowest BCUT2D eigenvalue weighted by atomic mass is 9.48. The molecule has 0 spiro atoms. The van der Waals surface area contributed by atoms with Gasteiger partial charge < -0.3 is 0 Å². The van der Waals surface area contributed by atoms with Crippen LogP contribution in [0.1, 0.15) is 134 Å². The largest absolute Gasteiger partial charge is 0.0911 e. The van der Waals surface area contributed by atoms with Crippen LogP contribution in [0.5, 0.6) is 0 Å². The van der Waals surface area contributed by atoms with E-state index in [1.54, 1.807) is 0 Å². The second kappa shape index (κ2) is 11.3. The van der Waals surface area contributed by atoms with Gasteiger partial charge in [-0.2, -0.15) is 0 Å². The van der Waals surface area contributed by atoms with Crippen molar-refractivity contribution in [1.82, 2.24) is 0 Å². The van der Waals surface area contributed by atoms with Crippen LogP contribution in [0.15, 0.2) is 24.3 Å². The van der Waals surface area contributed by atoms with Crippen LogP contribution in [0.3, 0.4) is 0 Å². The van der Waals surface area contributed by atoms with Crippen molar-refractivity contribution in [2.24, 2.45) is 22.7 Å². The molecule has 0 heterocycles. The first-order chi connectivity index (χ1) is 15.7. The number of hydrogen-bond donors (Lipinski definition) is 0. The van der Waals surface area contributed by atoms with Crippen molar-refractivity contribution >= 4 is 0 Å². The van der Waals surface area contributed by atoms with Gasteiger partial charge in [-0.1, -0.05) is 89.2 Å². The summed E-state index contributed by atoms with van der Waals surface area (Å²) in [5, 5.41) is 0. The van der Waals surface area contributed by atoms with E-state index >= 15 is 0 Å². The van der Waals surface area contributed by atoms with Gasteiger partial charge in [0.2, 0.25) is 0 Å². The van der Waals surface area contributed by atoms with Crippen molar-refractivity contribution in [2.45, 2.75) is 129 Å². The van der Waals surface area contributed by atoms with Gasteiger partial charge in [-0.25, -0.2) is 0 Å². The highest BCUT2D eigenvalue weighted by Crippen LogP contribution is 2.62. The standard InChI is InChI=1S/C32H48/c1-3-5-7-8-10-28-15-17-30(18-16-28)32-24-21-31(22-25-32,23-26-32)20-19-29-13-11-27(12-14-29)9-6-4-2/h11-14,28,30H,3-10,15-18,21-26H2,1-2H3. The van der Waals surface area contributed by atoms with Crippen LogP contribution in [0.4, 0.5) is 0 Å². The quantitative estimate of drug-likeness (QED) is 0.269. The molecular formula is C32H48. The third-order valence-electron chi connectivity index (χ3n) is 9.73. The highest BCUT2D eigenvalue weighted by Gasteiger charge is 2.51. The molecule has 4 saturated carbocycles. The predicted molar refractivity (Wildman–Crippen MR) is 139 cm³/mol. The molecule has 0 aromatic heterocycles. The number of unbranched alkanes of at least 4 members (excludes halogenated alkanes) is 4. The smallest absolute Gasteiger partial charge is 0.0319 e. The molecule has 1 aromatic rings. The fraction of sp³-hybridized carbons (Fsp3) is 0.750. The number of fused-ring (bicyclic) bond motifs is 3. The normalized spacial score (nSPS) is 31.8. The molecule has 0 amide bonds. The molecule has 0 N–H and O–H groups in total. The number of aryl methyl sites for hydroxylation is 1. The van der Waals surface area contributed by atoms with E-state index in [0.29, 0.717) is 10.8 Å². The van der Waals surface area contributed by atoms with E-state index in [9.17, 15) is 0 Å². The van der Waals surface area contributed by atoms with Crippen LogP contribution in [-0.4, -0.2) is 0 Å².